The molecule has 26 heavy (non-hydrogen) atoms. The van der Waals surface area contributed by atoms with Gasteiger partial charge in [0.1, 0.15) is 25.4 Å². The molecule has 2 unspecified atom stereocenters. The highest BCUT2D eigenvalue weighted by Crippen LogP contribution is 2.00. The van der Waals surface area contributed by atoms with Crippen LogP contribution in [0, 0.1) is 0 Å². The van der Waals surface area contributed by atoms with E-state index in [0.29, 0.717) is 0 Å². The van der Waals surface area contributed by atoms with Gasteiger partial charge in [-0.15, -0.1) is 0 Å². The molecule has 0 rings (SSSR count). The van der Waals surface area contributed by atoms with Crippen LogP contribution in [0.5, 0.6) is 0 Å². The maximum absolute atomic E-state index is 11.6. The monoisotopic (exact) mass is 368 g/mol. The summed E-state index contributed by atoms with van der Waals surface area (Å²) in [6.45, 7) is 12.6. The Morgan fingerprint density at radius 3 is 1.35 bits per heavy atom. The highest BCUT2D eigenvalue weighted by molar-refractivity contribution is 5.92. The Morgan fingerprint density at radius 1 is 0.769 bits per heavy atom. The van der Waals surface area contributed by atoms with Gasteiger partial charge in [0.2, 0.25) is 0 Å². The van der Waals surface area contributed by atoms with Gasteiger partial charge < -0.3 is 18.9 Å². The molecule has 0 saturated heterocycles. The van der Waals surface area contributed by atoms with Crippen LogP contribution in [-0.2, 0) is 38.1 Å². The van der Waals surface area contributed by atoms with E-state index in [1.807, 2.05) is 0 Å². The lowest BCUT2D eigenvalue weighted by Gasteiger charge is -2.13. The minimum atomic E-state index is -0.804. The van der Waals surface area contributed by atoms with Crippen molar-refractivity contribution in [2.24, 2.45) is 0 Å². The second-order valence-electron chi connectivity index (χ2n) is 5.59. The fourth-order valence-corrected chi connectivity index (χ4v) is 1.31. The molecule has 8 nitrogen and oxygen atoms in total. The van der Waals surface area contributed by atoms with Gasteiger partial charge in [0.25, 0.3) is 0 Å². The van der Waals surface area contributed by atoms with Crippen molar-refractivity contribution in [1.82, 2.24) is 0 Å². The van der Waals surface area contributed by atoms with Crippen LogP contribution in [0.3, 0.4) is 0 Å². The number of carbonyl (C=O) groups is 4. The molecule has 0 heterocycles. The fraction of sp³-hybridized carbons (Fsp3) is 0.444. The summed E-state index contributed by atoms with van der Waals surface area (Å²) in [6.07, 6.45) is 0.358. The minimum absolute atomic E-state index is 0.138. The van der Waals surface area contributed by atoms with Gasteiger partial charge in [0, 0.05) is 23.3 Å². The second-order valence-corrected chi connectivity index (χ2v) is 5.59. The number of rotatable bonds is 10. The largest absolute Gasteiger partial charge is 0.458 e. The topological polar surface area (TPSA) is 105 Å². The molecule has 8 heteroatoms. The minimum Gasteiger partial charge on any atom is -0.458 e. The first-order valence-corrected chi connectivity index (χ1v) is 7.77. The summed E-state index contributed by atoms with van der Waals surface area (Å²) in [4.78, 5) is 45.5. The summed E-state index contributed by atoms with van der Waals surface area (Å²) < 4.78 is 19.5. The van der Waals surface area contributed by atoms with Gasteiger partial charge >= 0.3 is 23.9 Å². The van der Waals surface area contributed by atoms with Gasteiger partial charge in [-0.05, 0) is 27.7 Å². The molecule has 0 aliphatic rings. The number of hydrogen-bond acceptors (Lipinski definition) is 8. The highest BCUT2D eigenvalue weighted by atomic mass is 16.6. The van der Waals surface area contributed by atoms with E-state index in [4.69, 9.17) is 18.9 Å². The van der Waals surface area contributed by atoms with Crippen LogP contribution >= 0.6 is 0 Å². The molecule has 2 atom stereocenters. The molecular weight excluding hydrogens is 344 g/mol. The van der Waals surface area contributed by atoms with Crippen molar-refractivity contribution in [3.8, 4) is 0 Å². The summed E-state index contributed by atoms with van der Waals surface area (Å²) in [5, 5.41) is 0. The zero-order valence-electron chi connectivity index (χ0n) is 15.4. The van der Waals surface area contributed by atoms with Crippen LogP contribution in [0.25, 0.3) is 0 Å². The smallest absolute Gasteiger partial charge is 0.333 e. The van der Waals surface area contributed by atoms with Gasteiger partial charge in [-0.3, -0.25) is 0 Å². The lowest BCUT2D eigenvalue weighted by atomic mass is 10.3. The predicted octanol–water partition coefficient (Wildman–Crippen LogP) is 1.64. The first-order chi connectivity index (χ1) is 12.0. The van der Waals surface area contributed by atoms with Crippen LogP contribution in [0.1, 0.15) is 27.7 Å². The number of esters is 4. The average molecular weight is 368 g/mol. The van der Waals surface area contributed by atoms with E-state index >= 15 is 0 Å². The van der Waals surface area contributed by atoms with Crippen molar-refractivity contribution in [3.05, 3.63) is 36.5 Å². The van der Waals surface area contributed by atoms with Crippen molar-refractivity contribution in [3.63, 3.8) is 0 Å². The van der Waals surface area contributed by atoms with Crippen LogP contribution in [0.4, 0.5) is 0 Å². The Bertz CT molecular complexity index is 550. The van der Waals surface area contributed by atoms with Crippen molar-refractivity contribution in [2.45, 2.75) is 39.9 Å². The summed E-state index contributed by atoms with van der Waals surface area (Å²) in [7, 11) is 0. The maximum Gasteiger partial charge on any atom is 0.333 e. The van der Waals surface area contributed by atoms with Crippen LogP contribution in [-0.4, -0.2) is 49.3 Å². The molecule has 0 aromatic rings. The highest BCUT2D eigenvalue weighted by Gasteiger charge is 2.13. The molecule has 0 N–H and O–H groups in total. The SMILES string of the molecule is C=C(C)C(=O)OCC(C)OC(=O)/C=C\C(=O)OC(C)COC(=O)C(=C)C. The van der Waals surface area contributed by atoms with E-state index < -0.39 is 36.1 Å². The van der Waals surface area contributed by atoms with E-state index in [1.54, 1.807) is 0 Å². The molecule has 0 bridgehead atoms. The molecule has 0 aromatic carbocycles. The number of hydrogen-bond donors (Lipinski definition) is 0. The van der Waals surface area contributed by atoms with Crippen LogP contribution < -0.4 is 0 Å². The van der Waals surface area contributed by atoms with Crippen LogP contribution in [0.15, 0.2) is 36.5 Å². The Hall–Kier alpha value is -2.90. The first-order valence-electron chi connectivity index (χ1n) is 7.77. The second kappa shape index (κ2) is 11.6. The lowest BCUT2D eigenvalue weighted by molar-refractivity contribution is -0.153. The molecule has 0 fully saturated rings. The number of carbonyl (C=O) groups excluding carboxylic acids is 4. The number of ether oxygens (including phenoxy) is 4. The van der Waals surface area contributed by atoms with Crippen molar-refractivity contribution in [1.29, 1.82) is 0 Å². The van der Waals surface area contributed by atoms with Gasteiger partial charge in [-0.2, -0.15) is 0 Å². The van der Waals surface area contributed by atoms with E-state index in [1.165, 1.54) is 27.7 Å². The summed E-state index contributed by atoms with van der Waals surface area (Å²) in [5.41, 5.74) is 0.462. The predicted molar refractivity (Wildman–Crippen MR) is 91.8 cm³/mol. The normalized spacial score (nSPS) is 12.6. The molecule has 0 radical (unpaired) electrons. The molecular formula is C18H24O8. The zero-order valence-corrected chi connectivity index (χ0v) is 15.4. The fourth-order valence-electron chi connectivity index (χ4n) is 1.31. The Kier molecular flexibility index (Phi) is 10.3. The third-order valence-corrected chi connectivity index (χ3v) is 2.59. The zero-order chi connectivity index (χ0) is 20.3. The molecule has 0 amide bonds. The Labute approximate surface area is 152 Å². The molecule has 0 aromatic heterocycles. The van der Waals surface area contributed by atoms with E-state index in [2.05, 4.69) is 13.2 Å². The summed E-state index contributed by atoms with van der Waals surface area (Å²) in [5.74, 6) is -2.79. The van der Waals surface area contributed by atoms with Gasteiger partial charge in [-0.25, -0.2) is 19.2 Å². The van der Waals surface area contributed by atoms with Crippen LogP contribution in [0.2, 0.25) is 0 Å². The van der Waals surface area contributed by atoms with E-state index in [0.717, 1.165) is 12.2 Å². The lowest BCUT2D eigenvalue weighted by Crippen LogP contribution is -2.23. The molecule has 144 valence electrons. The van der Waals surface area contributed by atoms with Crippen molar-refractivity contribution in [2.75, 3.05) is 13.2 Å². The third-order valence-electron chi connectivity index (χ3n) is 2.59. The molecule has 0 saturated carbocycles. The molecule has 0 aliphatic carbocycles. The Morgan fingerprint density at radius 2 is 1.08 bits per heavy atom. The van der Waals surface area contributed by atoms with E-state index in [-0.39, 0.29) is 24.4 Å². The van der Waals surface area contributed by atoms with Crippen molar-refractivity contribution >= 4 is 23.9 Å². The van der Waals surface area contributed by atoms with Gasteiger partial charge in [0.05, 0.1) is 0 Å². The van der Waals surface area contributed by atoms with Gasteiger partial charge in [-0.1, -0.05) is 13.2 Å². The quantitative estimate of drug-likeness (QED) is 0.326. The van der Waals surface area contributed by atoms with Crippen molar-refractivity contribution < 1.29 is 38.1 Å². The average Bonchev–Trinajstić information content (AvgIpc) is 2.55. The third kappa shape index (κ3) is 10.8. The summed E-state index contributed by atoms with van der Waals surface area (Å²) in [6, 6.07) is 0. The van der Waals surface area contributed by atoms with E-state index in [9.17, 15) is 19.2 Å². The first kappa shape index (κ1) is 23.1. The van der Waals surface area contributed by atoms with Gasteiger partial charge in [0.15, 0.2) is 0 Å². The molecule has 0 spiro atoms. The standard InChI is InChI=1S/C18H24O8/c1-11(2)17(21)23-9-13(5)25-15(19)7-8-16(20)26-14(6)10-24-18(22)12(3)4/h7-8,13-14H,1,3,9-10H2,2,4-6H3/b8-7-. The maximum atomic E-state index is 11.6. The Balaban J connectivity index is 4.19. The summed E-state index contributed by atoms with van der Waals surface area (Å²) >= 11 is 0. The molecule has 0 aliphatic heterocycles.